The number of nitrogens with zero attached hydrogens (tertiary/aromatic N) is 3. The second-order valence-electron chi connectivity index (χ2n) is 6.70. The molecule has 3 aromatic rings. The lowest BCUT2D eigenvalue weighted by molar-refractivity contribution is -0.123. The Balaban J connectivity index is 1.61. The van der Waals surface area contributed by atoms with Gasteiger partial charge in [-0.2, -0.15) is 5.10 Å². The van der Waals surface area contributed by atoms with Crippen molar-refractivity contribution < 1.29 is 9.53 Å². The van der Waals surface area contributed by atoms with Crippen LogP contribution in [0, 0.1) is 6.92 Å². The van der Waals surface area contributed by atoms with Crippen LogP contribution in [0.2, 0.25) is 0 Å². The van der Waals surface area contributed by atoms with Crippen molar-refractivity contribution in [3.63, 3.8) is 0 Å². The third-order valence-corrected chi connectivity index (χ3v) is 4.21. The van der Waals surface area contributed by atoms with E-state index in [0.29, 0.717) is 18.3 Å². The van der Waals surface area contributed by atoms with Crippen LogP contribution in [0.1, 0.15) is 36.5 Å². The zero-order valence-electron chi connectivity index (χ0n) is 15.8. The van der Waals surface area contributed by atoms with Crippen molar-refractivity contribution in [2.75, 3.05) is 6.61 Å². The molecule has 0 unspecified atom stereocenters. The number of rotatable bonds is 7. The van der Waals surface area contributed by atoms with Gasteiger partial charge in [-0.25, -0.2) is 9.67 Å². The molecule has 0 atom stereocenters. The minimum atomic E-state index is -0.179. The standard InChI is InChI=1S/C21H24N4O2/c1-15(2)18-8-7-16(3)12-19(18)27-14-20(26)23-13-17-6-4-9-22-21(17)25-11-5-10-24-25/h4-12,15H,13-14H2,1-3H3,(H,23,26). The van der Waals surface area contributed by atoms with Gasteiger partial charge in [0.2, 0.25) is 0 Å². The normalized spacial score (nSPS) is 10.8. The molecule has 1 N–H and O–H groups in total. The molecule has 0 aliphatic heterocycles. The smallest absolute Gasteiger partial charge is 0.258 e. The number of nitrogens with one attached hydrogen (secondary N) is 1. The molecule has 6 heteroatoms. The molecule has 0 radical (unpaired) electrons. The first kappa shape index (κ1) is 18.6. The predicted octanol–water partition coefficient (Wildman–Crippen LogP) is 3.39. The van der Waals surface area contributed by atoms with Crippen LogP contribution < -0.4 is 10.1 Å². The van der Waals surface area contributed by atoms with Crippen LogP contribution in [0.25, 0.3) is 5.82 Å². The van der Waals surface area contributed by atoms with E-state index < -0.39 is 0 Å². The molecule has 6 nitrogen and oxygen atoms in total. The zero-order chi connectivity index (χ0) is 19.2. The molecule has 1 amide bonds. The Morgan fingerprint density at radius 2 is 2.07 bits per heavy atom. The number of aromatic nitrogens is 3. The van der Waals surface area contributed by atoms with Gasteiger partial charge in [0.25, 0.3) is 5.91 Å². The number of benzene rings is 1. The summed E-state index contributed by atoms with van der Waals surface area (Å²) < 4.78 is 7.47. The van der Waals surface area contributed by atoms with Gasteiger partial charge in [-0.3, -0.25) is 4.79 Å². The number of ether oxygens (including phenoxy) is 1. The summed E-state index contributed by atoms with van der Waals surface area (Å²) in [7, 11) is 0. The summed E-state index contributed by atoms with van der Waals surface area (Å²) in [5.41, 5.74) is 3.09. The van der Waals surface area contributed by atoms with Crippen molar-refractivity contribution in [1.82, 2.24) is 20.1 Å². The lowest BCUT2D eigenvalue weighted by Crippen LogP contribution is -2.29. The van der Waals surface area contributed by atoms with Crippen LogP contribution in [-0.2, 0) is 11.3 Å². The molecule has 3 rings (SSSR count). The molecule has 0 aliphatic rings. The van der Waals surface area contributed by atoms with E-state index in [-0.39, 0.29) is 12.5 Å². The Kier molecular flexibility index (Phi) is 5.86. The Morgan fingerprint density at radius 1 is 1.22 bits per heavy atom. The number of aryl methyl sites for hydroxylation is 1. The number of amides is 1. The van der Waals surface area contributed by atoms with E-state index in [4.69, 9.17) is 4.74 Å². The number of hydrogen-bond acceptors (Lipinski definition) is 4. The van der Waals surface area contributed by atoms with Gasteiger partial charge in [-0.05, 0) is 42.2 Å². The summed E-state index contributed by atoms with van der Waals surface area (Å²) in [4.78, 5) is 16.6. The van der Waals surface area contributed by atoms with Gasteiger partial charge >= 0.3 is 0 Å². The fraction of sp³-hybridized carbons (Fsp3) is 0.286. The van der Waals surface area contributed by atoms with E-state index in [1.165, 1.54) is 0 Å². The molecule has 0 spiro atoms. The van der Waals surface area contributed by atoms with Crippen LogP contribution >= 0.6 is 0 Å². The largest absolute Gasteiger partial charge is 0.483 e. The van der Waals surface area contributed by atoms with Crippen LogP contribution in [0.4, 0.5) is 0 Å². The first-order valence-electron chi connectivity index (χ1n) is 8.98. The first-order chi connectivity index (χ1) is 13.0. The van der Waals surface area contributed by atoms with Crippen LogP contribution in [-0.4, -0.2) is 27.3 Å². The zero-order valence-corrected chi connectivity index (χ0v) is 15.8. The first-order valence-corrected chi connectivity index (χ1v) is 8.98. The fourth-order valence-corrected chi connectivity index (χ4v) is 2.80. The highest BCUT2D eigenvalue weighted by molar-refractivity contribution is 5.77. The van der Waals surface area contributed by atoms with Gasteiger partial charge in [0, 0.05) is 30.7 Å². The topological polar surface area (TPSA) is 69.0 Å². The monoisotopic (exact) mass is 364 g/mol. The molecular formula is C21H24N4O2. The van der Waals surface area contributed by atoms with E-state index in [1.807, 2.05) is 37.4 Å². The Bertz CT molecular complexity index is 904. The Labute approximate surface area is 159 Å². The molecule has 0 fully saturated rings. The lowest BCUT2D eigenvalue weighted by Gasteiger charge is -2.15. The highest BCUT2D eigenvalue weighted by atomic mass is 16.5. The fourth-order valence-electron chi connectivity index (χ4n) is 2.80. The third-order valence-electron chi connectivity index (χ3n) is 4.21. The van der Waals surface area contributed by atoms with Gasteiger partial charge < -0.3 is 10.1 Å². The molecule has 0 saturated heterocycles. The minimum absolute atomic E-state index is 0.0272. The SMILES string of the molecule is Cc1ccc(C(C)C)c(OCC(=O)NCc2cccnc2-n2cccn2)c1. The van der Waals surface area contributed by atoms with Crippen LogP contribution in [0.5, 0.6) is 5.75 Å². The molecule has 0 bridgehead atoms. The Morgan fingerprint density at radius 3 is 2.81 bits per heavy atom. The van der Waals surface area contributed by atoms with Gasteiger partial charge in [-0.15, -0.1) is 0 Å². The van der Waals surface area contributed by atoms with E-state index >= 15 is 0 Å². The second kappa shape index (κ2) is 8.49. The number of carbonyl (C=O) groups excluding carboxylic acids is 1. The van der Waals surface area contributed by atoms with Gasteiger partial charge in [-0.1, -0.05) is 32.0 Å². The summed E-state index contributed by atoms with van der Waals surface area (Å²) in [6, 6.07) is 11.7. The number of carbonyl (C=O) groups is 1. The van der Waals surface area contributed by atoms with Crippen molar-refractivity contribution in [2.24, 2.45) is 0 Å². The van der Waals surface area contributed by atoms with Crippen molar-refractivity contribution in [3.05, 3.63) is 71.7 Å². The lowest BCUT2D eigenvalue weighted by atomic mass is 10.0. The maximum atomic E-state index is 12.3. The molecule has 27 heavy (non-hydrogen) atoms. The summed E-state index contributed by atoms with van der Waals surface area (Å²) in [6.07, 6.45) is 5.22. The van der Waals surface area contributed by atoms with Crippen LogP contribution in [0.15, 0.2) is 55.0 Å². The quantitative estimate of drug-likeness (QED) is 0.698. The molecule has 1 aromatic carbocycles. The molecule has 0 saturated carbocycles. The molecule has 0 aliphatic carbocycles. The molecule has 2 aromatic heterocycles. The maximum absolute atomic E-state index is 12.3. The number of pyridine rings is 1. The van der Waals surface area contributed by atoms with E-state index in [9.17, 15) is 4.79 Å². The Hall–Kier alpha value is -3.15. The van der Waals surface area contributed by atoms with Gasteiger partial charge in [0.05, 0.1) is 0 Å². The third kappa shape index (κ3) is 4.73. The summed E-state index contributed by atoms with van der Waals surface area (Å²) >= 11 is 0. The predicted molar refractivity (Wildman–Crippen MR) is 104 cm³/mol. The number of hydrogen-bond donors (Lipinski definition) is 1. The van der Waals surface area contributed by atoms with Gasteiger partial charge in [0.15, 0.2) is 12.4 Å². The molecular weight excluding hydrogens is 340 g/mol. The summed E-state index contributed by atoms with van der Waals surface area (Å²) in [6.45, 7) is 6.56. The second-order valence-corrected chi connectivity index (χ2v) is 6.70. The highest BCUT2D eigenvalue weighted by Crippen LogP contribution is 2.27. The summed E-state index contributed by atoms with van der Waals surface area (Å²) in [5.74, 6) is 1.61. The average molecular weight is 364 g/mol. The van der Waals surface area contributed by atoms with Crippen molar-refractivity contribution in [2.45, 2.75) is 33.2 Å². The van der Waals surface area contributed by atoms with Gasteiger partial charge in [0.1, 0.15) is 5.75 Å². The van der Waals surface area contributed by atoms with Crippen LogP contribution in [0.3, 0.4) is 0 Å². The summed E-state index contributed by atoms with van der Waals surface area (Å²) in [5, 5.41) is 7.09. The maximum Gasteiger partial charge on any atom is 0.258 e. The molecule has 2 heterocycles. The van der Waals surface area contributed by atoms with Crippen molar-refractivity contribution in [3.8, 4) is 11.6 Å². The van der Waals surface area contributed by atoms with Crippen molar-refractivity contribution in [1.29, 1.82) is 0 Å². The van der Waals surface area contributed by atoms with E-state index in [2.05, 4.69) is 41.4 Å². The van der Waals surface area contributed by atoms with E-state index in [1.54, 1.807) is 17.1 Å². The molecule has 140 valence electrons. The highest BCUT2D eigenvalue weighted by Gasteiger charge is 2.11. The van der Waals surface area contributed by atoms with Crippen molar-refractivity contribution >= 4 is 5.91 Å². The average Bonchev–Trinajstić information content (AvgIpc) is 3.19. The minimum Gasteiger partial charge on any atom is -0.483 e. The van der Waals surface area contributed by atoms with E-state index in [0.717, 1.165) is 22.4 Å².